The van der Waals surface area contributed by atoms with Crippen LogP contribution in [0.15, 0.2) is 29.0 Å². The summed E-state index contributed by atoms with van der Waals surface area (Å²) >= 11 is 0. The number of hydrogen-bond donors (Lipinski definition) is 2. The van der Waals surface area contributed by atoms with E-state index < -0.39 is 6.04 Å². The Labute approximate surface area is 123 Å². The quantitative estimate of drug-likeness (QED) is 0.880. The van der Waals surface area contributed by atoms with Crippen LogP contribution in [0.25, 0.3) is 11.5 Å². The molecule has 1 amide bonds. The standard InChI is InChI=1S/C15H20N4O2/c1-4-9(2)13(16)14(20)18-12-7-11(6-5-10(12)3)15-19-17-8-21-15/h5-9,13H,4,16H2,1-3H3,(H,18,20). The molecule has 0 aliphatic carbocycles. The van der Waals surface area contributed by atoms with Crippen LogP contribution in [0.4, 0.5) is 5.69 Å². The number of nitrogens with two attached hydrogens (primary N) is 1. The van der Waals surface area contributed by atoms with Gasteiger partial charge in [0.2, 0.25) is 18.2 Å². The van der Waals surface area contributed by atoms with Crippen molar-refractivity contribution in [2.24, 2.45) is 11.7 Å². The van der Waals surface area contributed by atoms with Crippen molar-refractivity contribution >= 4 is 11.6 Å². The molecular formula is C15H20N4O2. The van der Waals surface area contributed by atoms with Crippen molar-refractivity contribution in [3.05, 3.63) is 30.2 Å². The van der Waals surface area contributed by atoms with Gasteiger partial charge in [0.1, 0.15) is 0 Å². The highest BCUT2D eigenvalue weighted by molar-refractivity contribution is 5.96. The summed E-state index contributed by atoms with van der Waals surface area (Å²) in [6, 6.07) is 5.04. The van der Waals surface area contributed by atoms with Gasteiger partial charge in [-0.1, -0.05) is 26.3 Å². The first-order valence-corrected chi connectivity index (χ1v) is 6.96. The molecule has 0 saturated carbocycles. The van der Waals surface area contributed by atoms with Crippen LogP contribution in [0.5, 0.6) is 0 Å². The summed E-state index contributed by atoms with van der Waals surface area (Å²) in [6.45, 7) is 5.90. The van der Waals surface area contributed by atoms with Crippen molar-refractivity contribution in [3.8, 4) is 11.5 Å². The maximum atomic E-state index is 12.2. The molecule has 3 N–H and O–H groups in total. The van der Waals surface area contributed by atoms with Crippen molar-refractivity contribution in [3.63, 3.8) is 0 Å². The third-order valence-electron chi connectivity index (χ3n) is 3.66. The third-order valence-corrected chi connectivity index (χ3v) is 3.66. The van der Waals surface area contributed by atoms with Crippen molar-refractivity contribution in [2.45, 2.75) is 33.2 Å². The van der Waals surface area contributed by atoms with E-state index in [2.05, 4.69) is 15.5 Å². The van der Waals surface area contributed by atoms with Crippen LogP contribution in [-0.4, -0.2) is 22.1 Å². The Morgan fingerprint density at radius 1 is 1.48 bits per heavy atom. The van der Waals surface area contributed by atoms with Crippen LogP contribution in [0.1, 0.15) is 25.8 Å². The number of anilines is 1. The number of nitrogens with zero attached hydrogens (tertiary/aromatic N) is 2. The van der Waals surface area contributed by atoms with E-state index in [4.69, 9.17) is 10.2 Å². The molecule has 0 aliphatic rings. The molecule has 0 saturated heterocycles. The van der Waals surface area contributed by atoms with Gasteiger partial charge in [0.05, 0.1) is 6.04 Å². The summed E-state index contributed by atoms with van der Waals surface area (Å²) in [5.41, 5.74) is 8.35. The van der Waals surface area contributed by atoms with E-state index in [0.717, 1.165) is 17.5 Å². The molecule has 6 nitrogen and oxygen atoms in total. The summed E-state index contributed by atoms with van der Waals surface area (Å²) in [4.78, 5) is 12.2. The Morgan fingerprint density at radius 2 is 2.24 bits per heavy atom. The van der Waals surface area contributed by atoms with Crippen LogP contribution in [-0.2, 0) is 4.79 Å². The number of nitrogens with one attached hydrogen (secondary N) is 1. The topological polar surface area (TPSA) is 94.0 Å². The van der Waals surface area contributed by atoms with Crippen LogP contribution in [0, 0.1) is 12.8 Å². The Balaban J connectivity index is 2.20. The third kappa shape index (κ3) is 3.46. The maximum absolute atomic E-state index is 12.2. The molecule has 2 rings (SSSR count). The average Bonchev–Trinajstić information content (AvgIpc) is 3.02. The molecule has 0 aliphatic heterocycles. The largest absolute Gasteiger partial charge is 0.423 e. The minimum Gasteiger partial charge on any atom is -0.423 e. The molecule has 0 bridgehead atoms. The smallest absolute Gasteiger partial charge is 0.247 e. The van der Waals surface area contributed by atoms with E-state index in [1.54, 1.807) is 0 Å². The normalized spacial score (nSPS) is 13.7. The minimum atomic E-state index is -0.526. The van der Waals surface area contributed by atoms with Crippen molar-refractivity contribution < 1.29 is 9.21 Å². The molecule has 1 aromatic carbocycles. The zero-order valence-electron chi connectivity index (χ0n) is 12.5. The summed E-state index contributed by atoms with van der Waals surface area (Å²) in [6.07, 6.45) is 2.13. The van der Waals surface area contributed by atoms with Gasteiger partial charge >= 0.3 is 0 Å². The lowest BCUT2D eigenvalue weighted by Crippen LogP contribution is -2.40. The highest BCUT2D eigenvalue weighted by Crippen LogP contribution is 2.24. The predicted octanol–water partition coefficient (Wildman–Crippen LogP) is 2.36. The Kier molecular flexibility index (Phi) is 4.70. The molecule has 0 spiro atoms. The van der Waals surface area contributed by atoms with Gasteiger partial charge in [-0.2, -0.15) is 0 Å². The monoisotopic (exact) mass is 288 g/mol. The van der Waals surface area contributed by atoms with Crippen molar-refractivity contribution in [1.29, 1.82) is 0 Å². The molecule has 2 atom stereocenters. The second-order valence-corrected chi connectivity index (χ2v) is 5.17. The first-order valence-electron chi connectivity index (χ1n) is 6.96. The molecule has 1 heterocycles. The summed E-state index contributed by atoms with van der Waals surface area (Å²) in [5, 5.41) is 10.4. The van der Waals surface area contributed by atoms with Gasteiger partial charge in [-0.25, -0.2) is 0 Å². The number of carbonyl (C=O) groups is 1. The molecular weight excluding hydrogens is 268 g/mol. The molecule has 112 valence electrons. The fourth-order valence-corrected chi connectivity index (χ4v) is 1.92. The number of amides is 1. The number of rotatable bonds is 5. The van der Waals surface area contributed by atoms with Gasteiger partial charge in [-0.05, 0) is 30.5 Å². The van der Waals surface area contributed by atoms with Crippen molar-refractivity contribution in [1.82, 2.24) is 10.2 Å². The Morgan fingerprint density at radius 3 is 2.86 bits per heavy atom. The lowest BCUT2D eigenvalue weighted by Gasteiger charge is -2.18. The van der Waals surface area contributed by atoms with E-state index >= 15 is 0 Å². The lowest BCUT2D eigenvalue weighted by molar-refractivity contribution is -0.118. The van der Waals surface area contributed by atoms with Gasteiger partial charge in [-0.15, -0.1) is 10.2 Å². The van der Waals surface area contributed by atoms with Gasteiger partial charge in [0.15, 0.2) is 0 Å². The van der Waals surface area contributed by atoms with Crippen LogP contribution in [0.3, 0.4) is 0 Å². The zero-order valence-corrected chi connectivity index (χ0v) is 12.5. The van der Waals surface area contributed by atoms with E-state index in [1.165, 1.54) is 6.39 Å². The molecule has 2 unspecified atom stereocenters. The second kappa shape index (κ2) is 6.49. The molecule has 0 radical (unpaired) electrons. The number of aromatic nitrogens is 2. The molecule has 1 aromatic heterocycles. The fourth-order valence-electron chi connectivity index (χ4n) is 1.92. The van der Waals surface area contributed by atoms with Gasteiger partial charge in [0.25, 0.3) is 0 Å². The maximum Gasteiger partial charge on any atom is 0.247 e. The van der Waals surface area contributed by atoms with Gasteiger partial charge in [0, 0.05) is 11.3 Å². The number of aryl methyl sites for hydroxylation is 1. The Hall–Kier alpha value is -2.21. The van der Waals surface area contributed by atoms with E-state index in [-0.39, 0.29) is 11.8 Å². The van der Waals surface area contributed by atoms with Crippen LogP contribution in [0.2, 0.25) is 0 Å². The fraction of sp³-hybridized carbons (Fsp3) is 0.400. The average molecular weight is 288 g/mol. The van der Waals surface area contributed by atoms with E-state index in [9.17, 15) is 4.79 Å². The molecule has 0 fully saturated rings. The number of hydrogen-bond acceptors (Lipinski definition) is 5. The SMILES string of the molecule is CCC(C)C(N)C(=O)Nc1cc(-c2nnco2)ccc1C. The van der Waals surface area contributed by atoms with Gasteiger partial charge < -0.3 is 15.5 Å². The molecule has 21 heavy (non-hydrogen) atoms. The first kappa shape index (κ1) is 15.2. The van der Waals surface area contributed by atoms with Crippen LogP contribution >= 0.6 is 0 Å². The molecule has 6 heteroatoms. The number of benzene rings is 1. The highest BCUT2D eigenvalue weighted by Gasteiger charge is 2.20. The second-order valence-electron chi connectivity index (χ2n) is 5.17. The van der Waals surface area contributed by atoms with E-state index in [1.807, 2.05) is 39.0 Å². The molecule has 2 aromatic rings. The summed E-state index contributed by atoms with van der Waals surface area (Å²) < 4.78 is 5.16. The summed E-state index contributed by atoms with van der Waals surface area (Å²) in [5.74, 6) is 0.358. The summed E-state index contributed by atoms with van der Waals surface area (Å²) in [7, 11) is 0. The highest BCUT2D eigenvalue weighted by atomic mass is 16.4. The van der Waals surface area contributed by atoms with Crippen LogP contribution < -0.4 is 11.1 Å². The predicted molar refractivity (Wildman–Crippen MR) is 80.5 cm³/mol. The van der Waals surface area contributed by atoms with Gasteiger partial charge in [-0.3, -0.25) is 4.79 Å². The lowest BCUT2D eigenvalue weighted by atomic mass is 9.99. The van der Waals surface area contributed by atoms with E-state index in [0.29, 0.717) is 11.6 Å². The van der Waals surface area contributed by atoms with Crippen molar-refractivity contribution in [2.75, 3.05) is 5.32 Å². The zero-order chi connectivity index (χ0) is 15.4. The Bertz CT molecular complexity index is 610. The number of carbonyl (C=O) groups excluding carboxylic acids is 1. The minimum absolute atomic E-state index is 0.129. The first-order chi connectivity index (χ1) is 10.0.